The number of nitrogens with one attached hydrogen (secondary N) is 1. The minimum Gasteiger partial charge on any atom is -0.323 e. The Morgan fingerprint density at radius 3 is 2.52 bits per heavy atom. The van der Waals surface area contributed by atoms with Gasteiger partial charge in [-0.25, -0.2) is 8.42 Å². The summed E-state index contributed by atoms with van der Waals surface area (Å²) in [5, 5.41) is 7.46. The lowest BCUT2D eigenvalue weighted by molar-refractivity contribution is -0.116. The summed E-state index contributed by atoms with van der Waals surface area (Å²) in [5.41, 5.74) is 1.38. The van der Waals surface area contributed by atoms with E-state index in [0.717, 1.165) is 19.3 Å². The summed E-state index contributed by atoms with van der Waals surface area (Å²) in [6, 6.07) is 6.93. The van der Waals surface area contributed by atoms with Crippen molar-refractivity contribution < 1.29 is 13.2 Å². The molecule has 9 heteroatoms. The fourth-order valence-corrected chi connectivity index (χ4v) is 5.40. The number of carbonyl (C=O) groups is 1. The molecule has 1 saturated heterocycles. The molecule has 0 unspecified atom stereocenters. The third kappa shape index (κ3) is 4.17. The maximum atomic E-state index is 13.0. The third-order valence-corrected chi connectivity index (χ3v) is 7.15. The molecule has 1 aromatic heterocycles. The van der Waals surface area contributed by atoms with Gasteiger partial charge in [0.2, 0.25) is 15.9 Å². The van der Waals surface area contributed by atoms with E-state index in [2.05, 4.69) is 10.4 Å². The Bertz CT molecular complexity index is 950. The Hall–Kier alpha value is -1.90. The van der Waals surface area contributed by atoms with Gasteiger partial charge in [0.05, 0.1) is 22.1 Å². The normalized spacial score (nSPS) is 15.7. The van der Waals surface area contributed by atoms with E-state index in [4.69, 9.17) is 11.6 Å². The molecule has 2 aromatic rings. The molecule has 2 heterocycles. The number of anilines is 1. The van der Waals surface area contributed by atoms with Crippen LogP contribution >= 0.6 is 11.6 Å². The van der Waals surface area contributed by atoms with Crippen molar-refractivity contribution in [3.8, 4) is 0 Å². The number of rotatable bonds is 5. The first-order valence-electron chi connectivity index (χ1n) is 8.89. The van der Waals surface area contributed by atoms with Gasteiger partial charge in [-0.1, -0.05) is 30.2 Å². The van der Waals surface area contributed by atoms with Gasteiger partial charge in [-0.15, -0.1) is 0 Å². The third-order valence-electron chi connectivity index (χ3n) is 4.67. The topological polar surface area (TPSA) is 84.3 Å². The first kappa shape index (κ1) is 19.9. The highest BCUT2D eigenvalue weighted by Crippen LogP contribution is 2.26. The van der Waals surface area contributed by atoms with E-state index in [-0.39, 0.29) is 17.3 Å². The maximum absolute atomic E-state index is 13.0. The number of carbonyl (C=O) groups excluding carboxylic acids is 1. The molecule has 1 aromatic carbocycles. The number of hydrogen-bond donors (Lipinski definition) is 1. The zero-order valence-electron chi connectivity index (χ0n) is 15.4. The first-order chi connectivity index (χ1) is 12.8. The highest BCUT2D eigenvalue weighted by molar-refractivity contribution is 7.89. The van der Waals surface area contributed by atoms with Crippen LogP contribution in [0.4, 0.5) is 5.69 Å². The lowest BCUT2D eigenvalue weighted by atomic mass is 10.2. The Morgan fingerprint density at radius 2 is 1.85 bits per heavy atom. The number of para-hydroxylation sites is 1. The first-order valence-corrected chi connectivity index (χ1v) is 10.7. The number of benzene rings is 1. The molecular formula is C18H23ClN4O3S. The summed E-state index contributed by atoms with van der Waals surface area (Å²) in [5.74, 6) is -0.323. The van der Waals surface area contributed by atoms with Crippen LogP contribution in [-0.2, 0) is 21.4 Å². The van der Waals surface area contributed by atoms with E-state index in [1.54, 1.807) is 38.1 Å². The van der Waals surface area contributed by atoms with Gasteiger partial charge < -0.3 is 5.32 Å². The number of hydrogen-bond acceptors (Lipinski definition) is 4. The van der Waals surface area contributed by atoms with Crippen molar-refractivity contribution >= 4 is 33.2 Å². The summed E-state index contributed by atoms with van der Waals surface area (Å²) in [7, 11) is -3.61. The molecule has 1 amide bonds. The van der Waals surface area contributed by atoms with Crippen molar-refractivity contribution in [2.75, 3.05) is 18.4 Å². The van der Waals surface area contributed by atoms with Crippen molar-refractivity contribution in [3.63, 3.8) is 0 Å². The fourth-order valence-electron chi connectivity index (χ4n) is 3.33. The summed E-state index contributed by atoms with van der Waals surface area (Å²) in [4.78, 5) is 12.6. The summed E-state index contributed by atoms with van der Waals surface area (Å²) in [6.07, 6.45) is 2.78. The predicted molar refractivity (Wildman–Crippen MR) is 104 cm³/mol. The quantitative estimate of drug-likeness (QED) is 0.821. The minimum atomic E-state index is -3.61. The number of nitrogens with zero attached hydrogens (tertiary/aromatic N) is 3. The second-order valence-corrected chi connectivity index (χ2v) is 8.93. The molecule has 0 bridgehead atoms. The van der Waals surface area contributed by atoms with Crippen molar-refractivity contribution in [2.45, 2.75) is 44.6 Å². The number of piperidine rings is 1. The van der Waals surface area contributed by atoms with Crippen LogP contribution in [0.1, 0.15) is 30.7 Å². The summed E-state index contributed by atoms with van der Waals surface area (Å²) < 4.78 is 29.0. The average molecular weight is 411 g/mol. The maximum Gasteiger partial charge on any atom is 0.246 e. The van der Waals surface area contributed by atoms with Crippen molar-refractivity contribution in [1.82, 2.24) is 14.1 Å². The Labute approximate surface area is 164 Å². The summed E-state index contributed by atoms with van der Waals surface area (Å²) in [6.45, 7) is 4.30. The van der Waals surface area contributed by atoms with E-state index in [1.165, 1.54) is 8.99 Å². The second kappa shape index (κ2) is 8.00. The molecule has 1 aliphatic heterocycles. The number of sulfonamides is 1. The Kier molecular flexibility index (Phi) is 5.88. The van der Waals surface area contributed by atoms with Crippen LogP contribution in [-0.4, -0.2) is 41.5 Å². The van der Waals surface area contributed by atoms with Gasteiger partial charge in [0, 0.05) is 13.1 Å². The van der Waals surface area contributed by atoms with E-state index >= 15 is 0 Å². The number of aryl methyl sites for hydroxylation is 1. The van der Waals surface area contributed by atoms with Crippen molar-refractivity contribution in [1.29, 1.82) is 0 Å². The van der Waals surface area contributed by atoms with Crippen molar-refractivity contribution in [2.24, 2.45) is 0 Å². The second-order valence-electron chi connectivity index (χ2n) is 6.65. The number of amides is 1. The molecule has 0 spiro atoms. The highest BCUT2D eigenvalue weighted by atomic mass is 35.5. The molecule has 1 aliphatic rings. The number of halogens is 1. The standard InChI is InChI=1S/C18H23ClN4O3S/c1-13-18(27(25,26)22-10-6-3-7-11-22)14(2)23(21-13)12-17(24)20-16-9-5-4-8-15(16)19/h4-5,8-9H,3,6-7,10-12H2,1-2H3,(H,20,24). The van der Waals surface area contributed by atoms with E-state index in [1.807, 2.05) is 0 Å². The molecule has 146 valence electrons. The van der Waals surface area contributed by atoms with Crippen LogP contribution in [0, 0.1) is 13.8 Å². The van der Waals surface area contributed by atoms with E-state index in [0.29, 0.717) is 35.2 Å². The fraction of sp³-hybridized carbons (Fsp3) is 0.444. The monoisotopic (exact) mass is 410 g/mol. The van der Waals surface area contributed by atoms with Gasteiger partial charge in [-0.2, -0.15) is 9.40 Å². The van der Waals surface area contributed by atoms with Crippen LogP contribution in [0.3, 0.4) is 0 Å². The van der Waals surface area contributed by atoms with E-state index in [9.17, 15) is 13.2 Å². The molecule has 0 radical (unpaired) electrons. The lowest BCUT2D eigenvalue weighted by Crippen LogP contribution is -2.36. The predicted octanol–water partition coefficient (Wildman–Crippen LogP) is 2.97. The Morgan fingerprint density at radius 1 is 1.19 bits per heavy atom. The van der Waals surface area contributed by atoms with Gasteiger partial charge in [0.15, 0.2) is 0 Å². The summed E-state index contributed by atoms with van der Waals surface area (Å²) >= 11 is 6.06. The van der Waals surface area contributed by atoms with Gasteiger partial charge in [0.1, 0.15) is 11.4 Å². The smallest absolute Gasteiger partial charge is 0.246 e. The Balaban J connectivity index is 1.81. The minimum absolute atomic E-state index is 0.0899. The van der Waals surface area contributed by atoms with Gasteiger partial charge in [-0.05, 0) is 38.8 Å². The zero-order valence-corrected chi connectivity index (χ0v) is 17.0. The van der Waals surface area contributed by atoms with Gasteiger partial charge in [0.25, 0.3) is 0 Å². The molecule has 0 saturated carbocycles. The van der Waals surface area contributed by atoms with Crippen molar-refractivity contribution in [3.05, 3.63) is 40.7 Å². The largest absolute Gasteiger partial charge is 0.323 e. The average Bonchev–Trinajstić information content (AvgIpc) is 2.91. The zero-order chi connectivity index (χ0) is 19.6. The molecule has 3 rings (SSSR count). The molecule has 0 aliphatic carbocycles. The van der Waals surface area contributed by atoms with E-state index < -0.39 is 10.0 Å². The van der Waals surface area contributed by atoms with Crippen LogP contribution in [0.15, 0.2) is 29.2 Å². The van der Waals surface area contributed by atoms with Crippen LogP contribution in [0.25, 0.3) is 0 Å². The lowest BCUT2D eigenvalue weighted by Gasteiger charge is -2.25. The highest BCUT2D eigenvalue weighted by Gasteiger charge is 2.32. The van der Waals surface area contributed by atoms with Crippen LogP contribution in [0.5, 0.6) is 0 Å². The molecule has 27 heavy (non-hydrogen) atoms. The molecule has 1 fully saturated rings. The SMILES string of the molecule is Cc1nn(CC(=O)Nc2ccccc2Cl)c(C)c1S(=O)(=O)N1CCCCC1. The molecule has 7 nitrogen and oxygen atoms in total. The van der Waals surface area contributed by atoms with Crippen LogP contribution < -0.4 is 5.32 Å². The number of aromatic nitrogens is 2. The van der Waals surface area contributed by atoms with Crippen LogP contribution in [0.2, 0.25) is 5.02 Å². The van der Waals surface area contributed by atoms with Gasteiger partial charge in [-0.3, -0.25) is 9.48 Å². The molecular weight excluding hydrogens is 388 g/mol. The molecule has 1 N–H and O–H groups in total. The van der Waals surface area contributed by atoms with Gasteiger partial charge >= 0.3 is 0 Å². The molecule has 0 atom stereocenters.